The van der Waals surface area contributed by atoms with Crippen molar-refractivity contribution in [2.45, 2.75) is 11.8 Å². The molecule has 0 saturated carbocycles. The number of aromatic nitrogens is 3. The minimum atomic E-state index is -3.89. The van der Waals surface area contributed by atoms with Crippen molar-refractivity contribution < 1.29 is 13.2 Å². The number of halogens is 1. The Balaban J connectivity index is 1.49. The van der Waals surface area contributed by atoms with Crippen LogP contribution in [-0.2, 0) is 10.0 Å². The maximum Gasteiger partial charge on any atom is 0.274 e. The fourth-order valence-electron chi connectivity index (χ4n) is 2.86. The number of hydrogen-bond acceptors (Lipinski definition) is 5. The normalized spacial score (nSPS) is 11.2. The highest BCUT2D eigenvalue weighted by Gasteiger charge is 2.17. The summed E-state index contributed by atoms with van der Waals surface area (Å²) in [5, 5.41) is 3.08. The van der Waals surface area contributed by atoms with Gasteiger partial charge in [-0.2, -0.15) is 0 Å². The zero-order chi connectivity index (χ0) is 22.7. The monoisotopic (exact) mass is 467 g/mol. The number of aryl methyl sites for hydroxylation is 1. The summed E-state index contributed by atoms with van der Waals surface area (Å²) in [5.74, 6) is 0.135. The van der Waals surface area contributed by atoms with Crippen molar-refractivity contribution in [1.29, 1.82) is 0 Å². The molecule has 2 aromatic carbocycles. The number of benzene rings is 2. The van der Waals surface area contributed by atoms with Crippen LogP contribution in [0.4, 0.5) is 11.5 Å². The molecule has 2 aromatic heterocycles. The molecule has 8 nitrogen and oxygen atoms in total. The van der Waals surface area contributed by atoms with Gasteiger partial charge in [-0.05, 0) is 37.3 Å². The predicted octanol–water partition coefficient (Wildman–Crippen LogP) is 4.49. The molecule has 0 saturated heterocycles. The summed E-state index contributed by atoms with van der Waals surface area (Å²) in [7, 11) is -3.89. The summed E-state index contributed by atoms with van der Waals surface area (Å²) in [6, 6.07) is 16.6. The second-order valence-corrected chi connectivity index (χ2v) is 9.07. The van der Waals surface area contributed by atoms with E-state index in [1.165, 1.54) is 24.5 Å². The third-order valence-electron chi connectivity index (χ3n) is 4.53. The van der Waals surface area contributed by atoms with Gasteiger partial charge in [0, 0.05) is 28.5 Å². The topological polar surface area (TPSA) is 117 Å². The molecule has 0 unspecified atom stereocenters. The number of H-pyrrole nitrogens is 1. The first-order valence-corrected chi connectivity index (χ1v) is 11.3. The molecule has 1 amide bonds. The van der Waals surface area contributed by atoms with Gasteiger partial charge in [0.25, 0.3) is 15.9 Å². The summed E-state index contributed by atoms with van der Waals surface area (Å²) >= 11 is 5.83. The van der Waals surface area contributed by atoms with E-state index >= 15 is 0 Å². The van der Waals surface area contributed by atoms with Crippen LogP contribution in [-0.4, -0.2) is 29.3 Å². The van der Waals surface area contributed by atoms with Crippen molar-refractivity contribution >= 4 is 39.0 Å². The molecular formula is C22H18ClN5O3S. The van der Waals surface area contributed by atoms with Crippen molar-refractivity contribution in [2.24, 2.45) is 0 Å². The van der Waals surface area contributed by atoms with E-state index < -0.39 is 15.9 Å². The number of nitrogens with one attached hydrogen (secondary N) is 3. The Morgan fingerprint density at radius 1 is 1.00 bits per heavy atom. The summed E-state index contributed by atoms with van der Waals surface area (Å²) in [6.07, 6.45) is 2.71. The Bertz CT molecular complexity index is 1370. The zero-order valence-electron chi connectivity index (χ0n) is 16.8. The van der Waals surface area contributed by atoms with Crippen molar-refractivity contribution in [3.63, 3.8) is 0 Å². The molecule has 0 aliphatic carbocycles. The summed E-state index contributed by atoms with van der Waals surface area (Å²) in [6.45, 7) is 1.98. The molecule has 4 aromatic rings. The maximum absolute atomic E-state index is 12.7. The lowest BCUT2D eigenvalue weighted by molar-refractivity contribution is 0.102. The van der Waals surface area contributed by atoms with Gasteiger partial charge >= 0.3 is 0 Å². The number of pyridine rings is 1. The lowest BCUT2D eigenvalue weighted by atomic mass is 10.1. The van der Waals surface area contributed by atoms with Crippen molar-refractivity contribution in [1.82, 2.24) is 15.0 Å². The van der Waals surface area contributed by atoms with Gasteiger partial charge in [-0.25, -0.2) is 18.4 Å². The third kappa shape index (κ3) is 4.96. The van der Waals surface area contributed by atoms with Gasteiger partial charge in [0.15, 0.2) is 0 Å². The van der Waals surface area contributed by atoms with E-state index in [1.54, 1.807) is 24.3 Å². The van der Waals surface area contributed by atoms with Gasteiger partial charge in [-0.15, -0.1) is 0 Å². The second kappa shape index (κ2) is 8.81. The maximum atomic E-state index is 12.7. The SMILES string of the molecule is Cc1ccc(-c2ncc(C(=O)Nc3cc(S(=O)(=O)Nc4ccc(Cl)cc4)ccn3)[nH]2)cc1. The predicted molar refractivity (Wildman–Crippen MR) is 123 cm³/mol. The third-order valence-corrected chi connectivity index (χ3v) is 6.16. The first-order chi connectivity index (χ1) is 15.3. The fraction of sp³-hybridized carbons (Fsp3) is 0.0455. The molecule has 0 bridgehead atoms. The number of carbonyl (C=O) groups is 1. The highest BCUT2D eigenvalue weighted by Crippen LogP contribution is 2.20. The van der Waals surface area contributed by atoms with Gasteiger partial charge in [0.05, 0.1) is 11.1 Å². The van der Waals surface area contributed by atoms with E-state index in [2.05, 4.69) is 25.0 Å². The standard InChI is InChI=1S/C22H18ClN5O3S/c1-14-2-4-15(5-3-14)21-25-13-19(26-21)22(29)27-20-12-18(10-11-24-20)32(30,31)28-17-8-6-16(23)7-9-17/h2-13,28H,1H3,(H,25,26)(H,24,27,29). The molecule has 32 heavy (non-hydrogen) atoms. The fourth-order valence-corrected chi connectivity index (χ4v) is 4.05. The van der Waals surface area contributed by atoms with E-state index in [0.29, 0.717) is 16.5 Å². The number of sulfonamides is 1. The molecule has 0 radical (unpaired) electrons. The average molecular weight is 468 g/mol. The van der Waals surface area contributed by atoms with Crippen LogP contribution in [0.15, 0.2) is 78.0 Å². The quantitative estimate of drug-likeness (QED) is 0.386. The first-order valence-electron chi connectivity index (χ1n) is 9.48. The molecule has 10 heteroatoms. The Kier molecular flexibility index (Phi) is 5.93. The number of rotatable bonds is 6. The number of nitrogens with zero attached hydrogens (tertiary/aromatic N) is 2. The van der Waals surface area contributed by atoms with Gasteiger partial charge in [0.1, 0.15) is 17.3 Å². The number of aromatic amines is 1. The highest BCUT2D eigenvalue weighted by molar-refractivity contribution is 7.92. The van der Waals surface area contributed by atoms with Gasteiger partial charge in [0.2, 0.25) is 0 Å². The molecule has 2 heterocycles. The lowest BCUT2D eigenvalue weighted by Crippen LogP contribution is -2.16. The largest absolute Gasteiger partial charge is 0.334 e. The van der Waals surface area contributed by atoms with E-state index in [9.17, 15) is 13.2 Å². The van der Waals surface area contributed by atoms with Crippen LogP contribution >= 0.6 is 11.6 Å². The van der Waals surface area contributed by atoms with E-state index in [1.807, 2.05) is 31.2 Å². The number of amides is 1. The van der Waals surface area contributed by atoms with Crippen LogP contribution < -0.4 is 10.0 Å². The molecule has 0 spiro atoms. The molecule has 3 N–H and O–H groups in total. The van der Waals surface area contributed by atoms with Crippen LogP contribution in [0.5, 0.6) is 0 Å². The zero-order valence-corrected chi connectivity index (χ0v) is 18.4. The van der Waals surface area contributed by atoms with Crippen LogP contribution in [0.2, 0.25) is 5.02 Å². The van der Waals surface area contributed by atoms with Crippen molar-refractivity contribution in [2.75, 3.05) is 10.0 Å². The molecule has 0 atom stereocenters. The Morgan fingerprint density at radius 3 is 2.44 bits per heavy atom. The van der Waals surface area contributed by atoms with Gasteiger partial charge < -0.3 is 10.3 Å². The van der Waals surface area contributed by atoms with Crippen LogP contribution in [0.1, 0.15) is 16.1 Å². The number of carbonyl (C=O) groups excluding carboxylic acids is 1. The smallest absolute Gasteiger partial charge is 0.274 e. The van der Waals surface area contributed by atoms with Gasteiger partial charge in [-0.1, -0.05) is 41.4 Å². The summed E-state index contributed by atoms with van der Waals surface area (Å²) in [5.41, 5.74) is 2.53. The highest BCUT2D eigenvalue weighted by atomic mass is 35.5. The van der Waals surface area contributed by atoms with Crippen LogP contribution in [0, 0.1) is 6.92 Å². The molecule has 0 fully saturated rings. The minimum absolute atomic E-state index is 0.0531. The van der Waals surface area contributed by atoms with E-state index in [-0.39, 0.29) is 16.4 Å². The Morgan fingerprint density at radius 2 is 1.72 bits per heavy atom. The molecular weight excluding hydrogens is 450 g/mol. The van der Waals surface area contributed by atoms with Crippen LogP contribution in [0.3, 0.4) is 0 Å². The Hall–Kier alpha value is -3.69. The second-order valence-electron chi connectivity index (χ2n) is 6.95. The molecule has 0 aliphatic heterocycles. The van der Waals surface area contributed by atoms with Crippen molar-refractivity contribution in [3.05, 3.63) is 89.3 Å². The summed E-state index contributed by atoms with van der Waals surface area (Å²) < 4.78 is 27.8. The lowest BCUT2D eigenvalue weighted by Gasteiger charge is -2.09. The number of imidazole rings is 1. The molecule has 0 aliphatic rings. The minimum Gasteiger partial charge on any atom is -0.334 e. The number of anilines is 2. The number of hydrogen-bond donors (Lipinski definition) is 3. The average Bonchev–Trinajstić information content (AvgIpc) is 3.26. The van der Waals surface area contributed by atoms with Crippen molar-refractivity contribution in [3.8, 4) is 11.4 Å². The van der Waals surface area contributed by atoms with E-state index in [0.717, 1.165) is 11.1 Å². The van der Waals surface area contributed by atoms with E-state index in [4.69, 9.17) is 11.6 Å². The van der Waals surface area contributed by atoms with Crippen LogP contribution in [0.25, 0.3) is 11.4 Å². The molecule has 4 rings (SSSR count). The van der Waals surface area contributed by atoms with Gasteiger partial charge in [-0.3, -0.25) is 9.52 Å². The first kappa shape index (κ1) is 21.5. The summed E-state index contributed by atoms with van der Waals surface area (Å²) in [4.78, 5) is 23.8. The molecule has 162 valence electrons. The Labute approximate surface area is 189 Å².